The van der Waals surface area contributed by atoms with Crippen LogP contribution < -0.4 is 10.6 Å². The third-order valence-corrected chi connectivity index (χ3v) is 4.65. The molecule has 6 heteroatoms. The quantitative estimate of drug-likeness (QED) is 0.685. The molecule has 114 valence electrons. The molecule has 0 fully saturated rings. The molecule has 0 aliphatic heterocycles. The van der Waals surface area contributed by atoms with E-state index in [-0.39, 0.29) is 5.91 Å². The molecule has 0 radical (unpaired) electrons. The van der Waals surface area contributed by atoms with Gasteiger partial charge < -0.3 is 15.6 Å². The van der Waals surface area contributed by atoms with Gasteiger partial charge in [0.15, 0.2) is 0 Å². The van der Waals surface area contributed by atoms with E-state index in [1.165, 1.54) is 0 Å². The van der Waals surface area contributed by atoms with Crippen molar-refractivity contribution in [1.82, 2.24) is 15.6 Å². The molecular formula is C15H20ClN3OS. The van der Waals surface area contributed by atoms with Crippen LogP contribution in [0.3, 0.4) is 0 Å². The smallest absolute Gasteiger partial charge is 0.267 e. The molecule has 0 saturated carbocycles. The first-order chi connectivity index (χ1) is 10.1. The molecule has 1 aromatic heterocycles. The lowest BCUT2D eigenvalue weighted by Gasteiger charge is -2.14. The summed E-state index contributed by atoms with van der Waals surface area (Å²) in [4.78, 5) is 15.2. The molecular weight excluding hydrogens is 306 g/mol. The van der Waals surface area contributed by atoms with Crippen molar-refractivity contribution in [2.75, 3.05) is 19.3 Å². The summed E-state index contributed by atoms with van der Waals surface area (Å²) in [6.07, 6.45) is 0.896. The Morgan fingerprint density at radius 3 is 2.95 bits per heavy atom. The third kappa shape index (κ3) is 4.40. The Morgan fingerprint density at radius 1 is 1.43 bits per heavy atom. The predicted molar refractivity (Wildman–Crippen MR) is 91.2 cm³/mol. The average Bonchev–Trinajstić information content (AvgIpc) is 2.89. The molecule has 0 saturated heterocycles. The fourth-order valence-corrected chi connectivity index (χ4v) is 3.18. The molecule has 4 nitrogen and oxygen atoms in total. The van der Waals surface area contributed by atoms with Gasteiger partial charge in [0.1, 0.15) is 5.69 Å². The molecule has 2 aromatic rings. The van der Waals surface area contributed by atoms with Crippen LogP contribution in [-0.4, -0.2) is 35.6 Å². The number of nitrogens with one attached hydrogen (secondary N) is 3. The Labute approximate surface area is 134 Å². The van der Waals surface area contributed by atoms with Gasteiger partial charge in [-0.3, -0.25) is 4.79 Å². The van der Waals surface area contributed by atoms with Crippen LogP contribution in [0.15, 0.2) is 24.3 Å². The van der Waals surface area contributed by atoms with Gasteiger partial charge in [-0.25, -0.2) is 0 Å². The number of hydrogen-bond acceptors (Lipinski definition) is 3. The van der Waals surface area contributed by atoms with Crippen molar-refractivity contribution in [3.8, 4) is 0 Å². The maximum Gasteiger partial charge on any atom is 0.267 e. The van der Waals surface area contributed by atoms with E-state index in [4.69, 9.17) is 11.6 Å². The highest BCUT2D eigenvalue weighted by Crippen LogP contribution is 2.20. The van der Waals surface area contributed by atoms with Crippen LogP contribution >= 0.6 is 23.4 Å². The van der Waals surface area contributed by atoms with Crippen LogP contribution in [0.2, 0.25) is 5.02 Å². The van der Waals surface area contributed by atoms with E-state index >= 15 is 0 Å². The Morgan fingerprint density at radius 2 is 2.24 bits per heavy atom. The molecule has 0 aliphatic carbocycles. The molecule has 0 aliphatic rings. The molecule has 1 atom stereocenters. The van der Waals surface area contributed by atoms with Gasteiger partial charge in [-0.15, -0.1) is 11.8 Å². The highest BCUT2D eigenvalue weighted by Gasteiger charge is 2.11. The first-order valence-electron chi connectivity index (χ1n) is 6.99. The van der Waals surface area contributed by atoms with Crippen molar-refractivity contribution in [2.24, 2.45) is 0 Å². The maximum atomic E-state index is 12.1. The second kappa shape index (κ2) is 7.73. The van der Waals surface area contributed by atoms with Crippen molar-refractivity contribution < 1.29 is 4.79 Å². The van der Waals surface area contributed by atoms with Gasteiger partial charge in [0.05, 0.1) is 5.37 Å². The van der Waals surface area contributed by atoms with Gasteiger partial charge in [0.25, 0.3) is 5.91 Å². The van der Waals surface area contributed by atoms with Crippen LogP contribution in [0.1, 0.15) is 23.8 Å². The minimum absolute atomic E-state index is 0.0846. The first kappa shape index (κ1) is 16.2. The second-order valence-electron chi connectivity index (χ2n) is 4.69. The summed E-state index contributed by atoms with van der Waals surface area (Å²) in [5.41, 5.74) is 1.48. The number of fused-ring (bicyclic) bond motifs is 1. The van der Waals surface area contributed by atoms with E-state index in [1.807, 2.05) is 43.1 Å². The van der Waals surface area contributed by atoms with E-state index in [0.29, 0.717) is 22.6 Å². The van der Waals surface area contributed by atoms with Gasteiger partial charge in [-0.2, -0.15) is 0 Å². The van der Waals surface area contributed by atoms with E-state index in [0.717, 1.165) is 23.1 Å². The minimum Gasteiger partial charge on any atom is -0.351 e. The summed E-state index contributed by atoms with van der Waals surface area (Å²) in [5.74, 6) is 0.973. The number of halogens is 1. The zero-order valence-electron chi connectivity index (χ0n) is 12.2. The van der Waals surface area contributed by atoms with Crippen molar-refractivity contribution in [3.05, 3.63) is 35.0 Å². The summed E-state index contributed by atoms with van der Waals surface area (Å²) in [5, 5.41) is 8.16. The van der Waals surface area contributed by atoms with Crippen molar-refractivity contribution in [1.29, 1.82) is 0 Å². The number of thioether (sulfide) groups is 1. The van der Waals surface area contributed by atoms with Crippen LogP contribution in [0, 0.1) is 0 Å². The monoisotopic (exact) mass is 325 g/mol. The van der Waals surface area contributed by atoms with Gasteiger partial charge in [-0.1, -0.05) is 18.5 Å². The van der Waals surface area contributed by atoms with E-state index in [1.54, 1.807) is 0 Å². The summed E-state index contributed by atoms with van der Waals surface area (Å²) in [6.45, 7) is 2.77. The van der Waals surface area contributed by atoms with Gasteiger partial charge in [0, 0.05) is 22.5 Å². The number of H-pyrrole nitrogens is 1. The first-order valence-corrected chi connectivity index (χ1v) is 8.42. The van der Waals surface area contributed by atoms with E-state index in [9.17, 15) is 4.79 Å². The molecule has 1 amide bonds. The second-order valence-corrected chi connectivity index (χ2v) is 6.61. The molecule has 3 N–H and O–H groups in total. The number of carbonyl (C=O) groups excluding carboxylic acids is 1. The summed E-state index contributed by atoms with van der Waals surface area (Å²) in [7, 11) is 1.94. The highest BCUT2D eigenvalue weighted by atomic mass is 35.5. The van der Waals surface area contributed by atoms with Crippen molar-refractivity contribution >= 4 is 40.2 Å². The van der Waals surface area contributed by atoms with E-state index < -0.39 is 0 Å². The summed E-state index contributed by atoms with van der Waals surface area (Å²) < 4.78 is 0. The largest absolute Gasteiger partial charge is 0.351 e. The Kier molecular flexibility index (Phi) is 5.96. The SMILES string of the molecule is CCSC(CCNC(=O)c1cc2cc(Cl)ccc2[nH]1)NC. The number of rotatable bonds is 7. The Bertz CT molecular complexity index is 614. The highest BCUT2D eigenvalue weighted by molar-refractivity contribution is 7.99. The van der Waals surface area contributed by atoms with E-state index in [2.05, 4.69) is 22.5 Å². The number of aromatic nitrogens is 1. The van der Waals surface area contributed by atoms with Crippen LogP contribution in [0.5, 0.6) is 0 Å². The van der Waals surface area contributed by atoms with Crippen LogP contribution in [0.4, 0.5) is 0 Å². The Hall–Kier alpha value is -1.17. The molecule has 2 rings (SSSR count). The fraction of sp³-hybridized carbons (Fsp3) is 0.400. The van der Waals surface area contributed by atoms with Crippen molar-refractivity contribution in [3.63, 3.8) is 0 Å². The minimum atomic E-state index is -0.0846. The number of carbonyl (C=O) groups is 1. The van der Waals surface area contributed by atoms with Gasteiger partial charge in [-0.05, 0) is 43.5 Å². The predicted octanol–water partition coefficient (Wildman–Crippen LogP) is 3.24. The van der Waals surface area contributed by atoms with Crippen molar-refractivity contribution in [2.45, 2.75) is 18.7 Å². The maximum absolute atomic E-state index is 12.1. The molecule has 0 spiro atoms. The van der Waals surface area contributed by atoms with Crippen LogP contribution in [-0.2, 0) is 0 Å². The lowest BCUT2D eigenvalue weighted by Crippen LogP contribution is -2.30. The summed E-state index contributed by atoms with van der Waals surface area (Å²) >= 11 is 7.79. The fourth-order valence-electron chi connectivity index (χ4n) is 2.15. The number of amides is 1. The van der Waals surface area contributed by atoms with Gasteiger partial charge in [0.2, 0.25) is 0 Å². The lowest BCUT2D eigenvalue weighted by molar-refractivity contribution is 0.0949. The zero-order valence-corrected chi connectivity index (χ0v) is 13.8. The normalized spacial score (nSPS) is 12.5. The standard InChI is InChI=1S/C15H20ClN3OS/c1-3-21-14(17-2)6-7-18-15(20)13-9-10-8-11(16)4-5-12(10)19-13/h4-5,8-9,14,17,19H,3,6-7H2,1-2H3,(H,18,20). The number of aromatic amines is 1. The molecule has 0 bridgehead atoms. The zero-order chi connectivity index (χ0) is 15.2. The number of benzene rings is 1. The molecule has 21 heavy (non-hydrogen) atoms. The van der Waals surface area contributed by atoms with Crippen LogP contribution in [0.25, 0.3) is 10.9 Å². The molecule has 1 heterocycles. The Balaban J connectivity index is 1.93. The topological polar surface area (TPSA) is 56.9 Å². The molecule has 1 unspecified atom stereocenters. The number of hydrogen-bond donors (Lipinski definition) is 3. The third-order valence-electron chi connectivity index (χ3n) is 3.21. The lowest BCUT2D eigenvalue weighted by atomic mass is 10.2. The van der Waals surface area contributed by atoms with Gasteiger partial charge >= 0.3 is 0 Å². The molecule has 1 aromatic carbocycles. The summed E-state index contributed by atoms with van der Waals surface area (Å²) in [6, 6.07) is 7.36. The average molecular weight is 326 g/mol.